The first-order valence-corrected chi connectivity index (χ1v) is 16.0. The van der Waals surface area contributed by atoms with Crippen molar-refractivity contribution in [2.24, 2.45) is 5.92 Å². The average Bonchev–Trinajstić information content (AvgIpc) is 3.05. The van der Waals surface area contributed by atoms with E-state index in [0.717, 1.165) is 25.3 Å². The van der Waals surface area contributed by atoms with Crippen molar-refractivity contribution in [2.75, 3.05) is 31.6 Å². The van der Waals surface area contributed by atoms with E-state index in [1.54, 1.807) is 0 Å². The maximum absolute atomic E-state index is 3.74. The van der Waals surface area contributed by atoms with E-state index in [0.29, 0.717) is 6.04 Å². The highest BCUT2D eigenvalue weighted by molar-refractivity contribution is 5.52. The number of likely N-dealkylation sites (tertiary alicyclic amines) is 1. The van der Waals surface area contributed by atoms with Gasteiger partial charge in [0.25, 0.3) is 0 Å². The highest BCUT2D eigenvalue weighted by atomic mass is 15.2. The summed E-state index contributed by atoms with van der Waals surface area (Å²) in [5.41, 5.74) is 4.00. The normalized spacial score (nSPS) is 12.8. The molecule has 0 radical (unpaired) electrons. The lowest BCUT2D eigenvalue weighted by atomic mass is 10.0. The molecule has 2 heteroatoms. The molecule has 0 aliphatic carbocycles. The summed E-state index contributed by atoms with van der Waals surface area (Å²) >= 11 is 0. The minimum Gasteiger partial charge on any atom is -0.372 e. The Labute approximate surface area is 250 Å². The Hall–Kier alpha value is -2.58. The number of nitrogens with zero attached hydrogens (tertiary/aromatic N) is 2. The second-order valence-electron chi connectivity index (χ2n) is 9.73. The number of allylic oxidation sites excluding steroid dienone is 3. The van der Waals surface area contributed by atoms with E-state index < -0.39 is 0 Å². The van der Waals surface area contributed by atoms with Crippen molar-refractivity contribution in [2.45, 2.75) is 100.0 Å². The van der Waals surface area contributed by atoms with Gasteiger partial charge >= 0.3 is 0 Å². The Morgan fingerprint density at radius 2 is 1.48 bits per heavy atom. The van der Waals surface area contributed by atoms with Crippen LogP contribution in [0.4, 0.5) is 5.69 Å². The van der Waals surface area contributed by atoms with Crippen LogP contribution in [0.3, 0.4) is 0 Å². The maximum Gasteiger partial charge on any atom is 0.0366 e. The van der Waals surface area contributed by atoms with Crippen LogP contribution in [0.15, 0.2) is 86.0 Å². The third-order valence-corrected chi connectivity index (χ3v) is 7.04. The molecule has 226 valence electrons. The number of hydrogen-bond acceptors (Lipinski definition) is 2. The number of benzene rings is 2. The van der Waals surface area contributed by atoms with Crippen LogP contribution >= 0.6 is 0 Å². The lowest BCUT2D eigenvalue weighted by molar-refractivity contribution is 0.213. The lowest BCUT2D eigenvalue weighted by Crippen LogP contribution is -2.44. The van der Waals surface area contributed by atoms with Gasteiger partial charge in [0.15, 0.2) is 0 Å². The SMILES string of the molecule is C=C/C=C/c1cccc(CCN2CCC(N(C)c3ccccc3)CC2)c1.C=CCC.CC.CC.CCC(C)CC. The summed E-state index contributed by atoms with van der Waals surface area (Å²) in [4.78, 5) is 5.06. The van der Waals surface area contributed by atoms with Gasteiger partial charge in [-0.15, -0.1) is 6.58 Å². The van der Waals surface area contributed by atoms with Crippen LogP contribution in [0.2, 0.25) is 0 Å². The van der Waals surface area contributed by atoms with Crippen molar-refractivity contribution in [3.63, 3.8) is 0 Å². The number of hydrogen-bond donors (Lipinski definition) is 0. The van der Waals surface area contributed by atoms with Gasteiger partial charge in [0, 0.05) is 38.4 Å². The molecular formula is C38H64N2. The van der Waals surface area contributed by atoms with E-state index in [1.807, 2.05) is 45.9 Å². The number of rotatable bonds is 10. The molecule has 3 rings (SSSR count). The molecular weight excluding hydrogens is 484 g/mol. The molecule has 40 heavy (non-hydrogen) atoms. The van der Waals surface area contributed by atoms with Gasteiger partial charge in [0.05, 0.1) is 0 Å². The van der Waals surface area contributed by atoms with Crippen LogP contribution in [0.1, 0.15) is 98.6 Å². The first kappa shape index (κ1) is 39.6. The summed E-state index contributed by atoms with van der Waals surface area (Å²) < 4.78 is 0. The molecule has 0 bridgehead atoms. The van der Waals surface area contributed by atoms with Gasteiger partial charge in [-0.2, -0.15) is 0 Å². The molecule has 2 nitrogen and oxygen atoms in total. The Balaban J connectivity index is 0. The minimum atomic E-state index is 0.654. The summed E-state index contributed by atoms with van der Waals surface area (Å²) in [6.45, 7) is 27.6. The van der Waals surface area contributed by atoms with E-state index in [4.69, 9.17) is 0 Å². The van der Waals surface area contributed by atoms with Crippen molar-refractivity contribution in [3.8, 4) is 0 Å². The second-order valence-corrected chi connectivity index (χ2v) is 9.73. The van der Waals surface area contributed by atoms with Crippen molar-refractivity contribution >= 4 is 11.8 Å². The third-order valence-electron chi connectivity index (χ3n) is 7.04. The van der Waals surface area contributed by atoms with Crippen LogP contribution in [0, 0.1) is 5.92 Å². The van der Waals surface area contributed by atoms with Crippen LogP contribution in [-0.2, 0) is 6.42 Å². The summed E-state index contributed by atoms with van der Waals surface area (Å²) in [6.07, 6.45) is 15.2. The Morgan fingerprint density at radius 1 is 0.900 bits per heavy atom. The van der Waals surface area contributed by atoms with Crippen molar-refractivity contribution in [3.05, 3.63) is 97.1 Å². The van der Waals surface area contributed by atoms with Crippen molar-refractivity contribution in [1.29, 1.82) is 0 Å². The highest BCUT2D eigenvalue weighted by Crippen LogP contribution is 2.22. The smallest absolute Gasteiger partial charge is 0.0366 e. The zero-order valence-corrected chi connectivity index (χ0v) is 27.8. The monoisotopic (exact) mass is 549 g/mol. The van der Waals surface area contributed by atoms with E-state index in [-0.39, 0.29) is 0 Å². The van der Waals surface area contributed by atoms with Gasteiger partial charge in [-0.1, -0.05) is 142 Å². The first-order chi connectivity index (χ1) is 19.5. The molecule has 2 aromatic carbocycles. The van der Waals surface area contributed by atoms with Crippen LogP contribution in [0.25, 0.3) is 6.08 Å². The Bertz CT molecular complexity index is 843. The topological polar surface area (TPSA) is 6.48 Å². The molecule has 1 aliphatic heterocycles. The molecule has 0 saturated carbocycles. The summed E-state index contributed by atoms with van der Waals surface area (Å²) in [7, 11) is 2.23. The zero-order valence-electron chi connectivity index (χ0n) is 27.8. The quantitative estimate of drug-likeness (QED) is 0.215. The van der Waals surface area contributed by atoms with E-state index in [9.17, 15) is 0 Å². The minimum absolute atomic E-state index is 0.654. The fraction of sp³-hybridized carbons (Fsp3) is 0.526. The predicted molar refractivity (Wildman–Crippen MR) is 187 cm³/mol. The molecule has 1 fully saturated rings. The van der Waals surface area contributed by atoms with Gasteiger partial charge in [-0.25, -0.2) is 0 Å². The van der Waals surface area contributed by atoms with Crippen molar-refractivity contribution in [1.82, 2.24) is 4.90 Å². The molecule has 1 saturated heterocycles. The maximum atomic E-state index is 3.74. The van der Waals surface area contributed by atoms with Gasteiger partial charge in [-0.3, -0.25) is 0 Å². The summed E-state index contributed by atoms with van der Waals surface area (Å²) in [5.74, 6) is 0.935. The fourth-order valence-electron chi connectivity index (χ4n) is 4.01. The molecule has 1 aliphatic rings. The summed E-state index contributed by atoms with van der Waals surface area (Å²) in [5, 5.41) is 0. The fourth-order valence-corrected chi connectivity index (χ4v) is 4.01. The van der Waals surface area contributed by atoms with E-state index in [2.05, 4.69) is 118 Å². The van der Waals surface area contributed by atoms with Crippen molar-refractivity contribution < 1.29 is 0 Å². The van der Waals surface area contributed by atoms with Gasteiger partial charge in [-0.05, 0) is 54.9 Å². The molecule has 0 amide bonds. The van der Waals surface area contributed by atoms with Gasteiger partial charge in [0.1, 0.15) is 0 Å². The van der Waals surface area contributed by atoms with E-state index >= 15 is 0 Å². The van der Waals surface area contributed by atoms with Crippen LogP contribution in [-0.4, -0.2) is 37.6 Å². The Morgan fingerprint density at radius 3 is 1.95 bits per heavy atom. The molecule has 0 N–H and O–H groups in total. The van der Waals surface area contributed by atoms with Crippen LogP contribution in [0.5, 0.6) is 0 Å². The van der Waals surface area contributed by atoms with Gasteiger partial charge in [0.2, 0.25) is 0 Å². The highest BCUT2D eigenvalue weighted by Gasteiger charge is 2.22. The second kappa shape index (κ2) is 28.0. The standard InChI is InChI=1S/C24H30N2.C6H14.C4H8.2C2H6/c1-3-4-9-21-10-8-11-22(20-21)14-17-26-18-15-24(16-19-26)25(2)23-12-6-5-7-13-23;1-4-6(3)5-2;1-3-4-2;2*1-2/h3-13,20,24H,1,14-19H2,2H3;6H,4-5H2,1-3H3;3H,1,4H2,2H3;2*1-2H3/b9-4+;;;;. The molecule has 0 atom stereocenters. The predicted octanol–water partition coefficient (Wildman–Crippen LogP) is 11.1. The lowest BCUT2D eigenvalue weighted by Gasteiger charge is -2.38. The largest absolute Gasteiger partial charge is 0.372 e. The number of para-hydroxylation sites is 1. The third kappa shape index (κ3) is 18.7. The average molecular weight is 549 g/mol. The molecule has 0 unspecified atom stereocenters. The number of piperidine rings is 1. The first-order valence-electron chi connectivity index (χ1n) is 16.0. The number of anilines is 1. The Kier molecular flexibility index (Phi) is 27.7. The molecule has 1 heterocycles. The van der Waals surface area contributed by atoms with Gasteiger partial charge < -0.3 is 9.80 Å². The molecule has 0 aromatic heterocycles. The molecule has 2 aromatic rings. The van der Waals surface area contributed by atoms with E-state index in [1.165, 1.54) is 55.6 Å². The van der Waals surface area contributed by atoms with Crippen LogP contribution < -0.4 is 4.90 Å². The summed E-state index contributed by atoms with van der Waals surface area (Å²) in [6, 6.07) is 20.2. The molecule has 0 spiro atoms. The zero-order chi connectivity index (χ0) is 30.6.